The SMILES string of the molecule is O=C(c1ccccn1)N1CCC(Oc2ncc(F)cn2)C1. The number of likely N-dealkylation sites (tertiary alicyclic amines) is 1. The molecule has 21 heavy (non-hydrogen) atoms. The minimum absolute atomic E-state index is 0.119. The Balaban J connectivity index is 1.60. The average molecular weight is 288 g/mol. The number of halogens is 1. The van der Waals surface area contributed by atoms with Crippen molar-refractivity contribution in [3.8, 4) is 6.01 Å². The molecule has 0 aromatic carbocycles. The molecule has 6 nitrogen and oxygen atoms in total. The third-order valence-corrected chi connectivity index (χ3v) is 3.18. The lowest BCUT2D eigenvalue weighted by Crippen LogP contribution is -2.31. The van der Waals surface area contributed by atoms with E-state index in [0.717, 1.165) is 12.4 Å². The normalized spacial score (nSPS) is 17.8. The fourth-order valence-electron chi connectivity index (χ4n) is 2.17. The Labute approximate surface area is 120 Å². The van der Waals surface area contributed by atoms with Crippen LogP contribution in [0.15, 0.2) is 36.8 Å². The molecule has 108 valence electrons. The first-order valence-electron chi connectivity index (χ1n) is 6.57. The van der Waals surface area contributed by atoms with Gasteiger partial charge in [-0.15, -0.1) is 0 Å². The van der Waals surface area contributed by atoms with Crippen LogP contribution in [0.5, 0.6) is 6.01 Å². The van der Waals surface area contributed by atoms with Gasteiger partial charge < -0.3 is 9.64 Å². The van der Waals surface area contributed by atoms with Crippen LogP contribution >= 0.6 is 0 Å². The summed E-state index contributed by atoms with van der Waals surface area (Å²) in [6, 6.07) is 5.34. The van der Waals surface area contributed by atoms with Crippen LogP contribution in [-0.2, 0) is 0 Å². The maximum atomic E-state index is 12.7. The Hall–Kier alpha value is -2.57. The number of hydrogen-bond donors (Lipinski definition) is 0. The van der Waals surface area contributed by atoms with Crippen molar-refractivity contribution < 1.29 is 13.9 Å². The summed E-state index contributed by atoms with van der Waals surface area (Å²) in [5.74, 6) is -0.637. The van der Waals surface area contributed by atoms with E-state index in [0.29, 0.717) is 25.2 Å². The molecule has 7 heteroatoms. The number of ether oxygens (including phenoxy) is 1. The van der Waals surface area contributed by atoms with Crippen molar-refractivity contribution in [1.82, 2.24) is 19.9 Å². The van der Waals surface area contributed by atoms with Crippen LogP contribution in [0.4, 0.5) is 4.39 Å². The van der Waals surface area contributed by atoms with Crippen molar-refractivity contribution >= 4 is 5.91 Å². The van der Waals surface area contributed by atoms with Crippen molar-refractivity contribution in [3.63, 3.8) is 0 Å². The van der Waals surface area contributed by atoms with Gasteiger partial charge in [0.15, 0.2) is 5.82 Å². The summed E-state index contributed by atoms with van der Waals surface area (Å²) in [5.41, 5.74) is 0.413. The van der Waals surface area contributed by atoms with E-state index in [4.69, 9.17) is 4.74 Å². The van der Waals surface area contributed by atoms with Gasteiger partial charge in [0.05, 0.1) is 18.9 Å². The molecule has 3 heterocycles. The maximum absolute atomic E-state index is 12.7. The van der Waals surface area contributed by atoms with Gasteiger partial charge >= 0.3 is 6.01 Å². The molecule has 0 saturated carbocycles. The summed E-state index contributed by atoms with van der Waals surface area (Å²) in [6.07, 6.45) is 4.17. The number of hydrogen-bond acceptors (Lipinski definition) is 5. The van der Waals surface area contributed by atoms with Gasteiger partial charge in [-0.25, -0.2) is 14.4 Å². The standard InChI is InChI=1S/C14H13FN4O2/c15-10-7-17-14(18-8-10)21-11-4-6-19(9-11)13(20)12-3-1-2-5-16-12/h1-3,5,7-8,11H,4,6,9H2. The monoisotopic (exact) mass is 288 g/mol. The Kier molecular flexibility index (Phi) is 3.72. The predicted octanol–water partition coefficient (Wildman–Crippen LogP) is 1.30. The minimum atomic E-state index is -0.513. The zero-order valence-electron chi connectivity index (χ0n) is 11.1. The molecular formula is C14H13FN4O2. The highest BCUT2D eigenvalue weighted by Crippen LogP contribution is 2.16. The lowest BCUT2D eigenvalue weighted by molar-refractivity contribution is 0.0764. The molecule has 1 atom stereocenters. The maximum Gasteiger partial charge on any atom is 0.316 e. The Morgan fingerprint density at radius 3 is 2.81 bits per heavy atom. The molecule has 1 aliphatic rings. The van der Waals surface area contributed by atoms with Crippen LogP contribution in [0, 0.1) is 5.82 Å². The van der Waals surface area contributed by atoms with E-state index in [2.05, 4.69) is 15.0 Å². The molecule has 0 spiro atoms. The lowest BCUT2D eigenvalue weighted by Gasteiger charge is -2.16. The second kappa shape index (κ2) is 5.82. The van der Waals surface area contributed by atoms with Crippen LogP contribution in [0.2, 0.25) is 0 Å². The third-order valence-electron chi connectivity index (χ3n) is 3.18. The molecule has 0 N–H and O–H groups in total. The quantitative estimate of drug-likeness (QED) is 0.851. The first kappa shape index (κ1) is 13.4. The molecule has 0 aliphatic carbocycles. The van der Waals surface area contributed by atoms with Crippen molar-refractivity contribution in [2.45, 2.75) is 12.5 Å². The van der Waals surface area contributed by atoms with E-state index < -0.39 is 5.82 Å². The number of pyridine rings is 1. The number of aromatic nitrogens is 3. The molecule has 1 aliphatic heterocycles. The van der Waals surface area contributed by atoms with Crippen molar-refractivity contribution in [1.29, 1.82) is 0 Å². The van der Waals surface area contributed by atoms with E-state index in [-0.39, 0.29) is 18.0 Å². The van der Waals surface area contributed by atoms with Gasteiger partial charge in [0.2, 0.25) is 0 Å². The molecule has 1 amide bonds. The summed E-state index contributed by atoms with van der Waals surface area (Å²) >= 11 is 0. The van der Waals surface area contributed by atoms with E-state index in [9.17, 15) is 9.18 Å². The predicted molar refractivity (Wildman–Crippen MR) is 71.2 cm³/mol. The van der Waals surface area contributed by atoms with E-state index in [1.54, 1.807) is 29.3 Å². The lowest BCUT2D eigenvalue weighted by atomic mass is 10.3. The second-order valence-corrected chi connectivity index (χ2v) is 4.68. The highest BCUT2D eigenvalue weighted by molar-refractivity contribution is 5.92. The van der Waals surface area contributed by atoms with E-state index in [1.165, 1.54) is 0 Å². The van der Waals surface area contributed by atoms with Gasteiger partial charge in [0.1, 0.15) is 11.8 Å². The van der Waals surface area contributed by atoms with E-state index in [1.807, 2.05) is 0 Å². The second-order valence-electron chi connectivity index (χ2n) is 4.68. The minimum Gasteiger partial charge on any atom is -0.458 e. The largest absolute Gasteiger partial charge is 0.458 e. The highest BCUT2D eigenvalue weighted by Gasteiger charge is 2.29. The fourth-order valence-corrected chi connectivity index (χ4v) is 2.17. The molecule has 0 bridgehead atoms. The average Bonchev–Trinajstić information content (AvgIpc) is 2.98. The molecular weight excluding hydrogens is 275 g/mol. The van der Waals surface area contributed by atoms with Gasteiger partial charge in [-0.1, -0.05) is 6.07 Å². The Morgan fingerprint density at radius 2 is 2.10 bits per heavy atom. The highest BCUT2D eigenvalue weighted by atomic mass is 19.1. The van der Waals surface area contributed by atoms with Crippen LogP contribution in [0.3, 0.4) is 0 Å². The summed E-state index contributed by atoms with van der Waals surface area (Å²) < 4.78 is 18.3. The molecule has 2 aromatic heterocycles. The number of carbonyl (C=O) groups is 1. The van der Waals surface area contributed by atoms with E-state index >= 15 is 0 Å². The smallest absolute Gasteiger partial charge is 0.316 e. The first-order chi connectivity index (χ1) is 10.2. The topological polar surface area (TPSA) is 68.2 Å². The fraction of sp³-hybridized carbons (Fsp3) is 0.286. The zero-order valence-corrected chi connectivity index (χ0v) is 11.1. The number of rotatable bonds is 3. The molecule has 1 unspecified atom stereocenters. The Morgan fingerprint density at radius 1 is 1.29 bits per heavy atom. The summed E-state index contributed by atoms with van der Waals surface area (Å²) in [4.78, 5) is 25.4. The van der Waals surface area contributed by atoms with Crippen molar-refractivity contribution in [3.05, 3.63) is 48.3 Å². The van der Waals surface area contributed by atoms with Gasteiger partial charge in [-0.3, -0.25) is 9.78 Å². The number of nitrogens with zero attached hydrogens (tertiary/aromatic N) is 4. The number of carbonyl (C=O) groups excluding carboxylic acids is 1. The summed E-state index contributed by atoms with van der Waals surface area (Å²) in [6.45, 7) is 1.03. The number of amides is 1. The summed E-state index contributed by atoms with van der Waals surface area (Å²) in [7, 11) is 0. The van der Waals surface area contributed by atoms with Crippen LogP contribution in [0.25, 0.3) is 0 Å². The van der Waals surface area contributed by atoms with Crippen molar-refractivity contribution in [2.75, 3.05) is 13.1 Å². The van der Waals surface area contributed by atoms with Gasteiger partial charge in [-0.05, 0) is 12.1 Å². The van der Waals surface area contributed by atoms with Gasteiger partial charge in [-0.2, -0.15) is 0 Å². The van der Waals surface area contributed by atoms with Crippen LogP contribution < -0.4 is 4.74 Å². The molecule has 1 saturated heterocycles. The summed E-state index contributed by atoms with van der Waals surface area (Å²) in [5, 5.41) is 0. The van der Waals surface area contributed by atoms with Crippen LogP contribution in [0.1, 0.15) is 16.9 Å². The third kappa shape index (κ3) is 3.13. The molecule has 1 fully saturated rings. The molecule has 2 aromatic rings. The molecule has 0 radical (unpaired) electrons. The van der Waals surface area contributed by atoms with Crippen molar-refractivity contribution in [2.24, 2.45) is 0 Å². The van der Waals surface area contributed by atoms with Gasteiger partial charge in [0, 0.05) is 19.2 Å². The molecule has 3 rings (SSSR count). The Bertz CT molecular complexity index is 621. The van der Waals surface area contributed by atoms with Gasteiger partial charge in [0.25, 0.3) is 5.91 Å². The van der Waals surface area contributed by atoms with Crippen LogP contribution in [-0.4, -0.2) is 45.0 Å². The first-order valence-corrected chi connectivity index (χ1v) is 6.57. The zero-order chi connectivity index (χ0) is 14.7.